The number of ether oxygens (including phenoxy) is 4. The summed E-state index contributed by atoms with van der Waals surface area (Å²) in [7, 11) is 0. The van der Waals surface area contributed by atoms with Gasteiger partial charge in [-0.3, -0.25) is 14.9 Å². The zero-order valence-corrected chi connectivity index (χ0v) is 24.5. The summed E-state index contributed by atoms with van der Waals surface area (Å²) in [4.78, 5) is 24.4. The van der Waals surface area contributed by atoms with E-state index in [-0.39, 0.29) is 17.8 Å². The Hall–Kier alpha value is -3.68. The van der Waals surface area contributed by atoms with Gasteiger partial charge in [0.05, 0.1) is 60.4 Å². The fourth-order valence-electron chi connectivity index (χ4n) is 4.60. The summed E-state index contributed by atoms with van der Waals surface area (Å²) in [6, 6.07) is 12.0. The monoisotopic (exact) mass is 607 g/mol. The smallest absolute Gasteiger partial charge is 0.319 e. The lowest BCUT2D eigenvalue weighted by atomic mass is 10.2. The van der Waals surface area contributed by atoms with Crippen molar-refractivity contribution in [2.45, 2.75) is 25.4 Å². The number of urea groups is 1. The van der Waals surface area contributed by atoms with Crippen molar-refractivity contribution >= 4 is 33.3 Å². The first-order valence-corrected chi connectivity index (χ1v) is 15.3. The summed E-state index contributed by atoms with van der Waals surface area (Å²) in [6.07, 6.45) is 5.48. The van der Waals surface area contributed by atoms with Crippen LogP contribution in [-0.4, -0.2) is 79.7 Å². The van der Waals surface area contributed by atoms with Crippen molar-refractivity contribution in [2.24, 2.45) is 0 Å². The van der Waals surface area contributed by atoms with Gasteiger partial charge in [0.1, 0.15) is 5.75 Å². The molecule has 0 spiro atoms. The number of amides is 2. The van der Waals surface area contributed by atoms with E-state index in [0.717, 1.165) is 58.8 Å². The number of nitrogens with one attached hydrogen (secondary N) is 2. The number of anilines is 1. The molecule has 1 saturated carbocycles. The third kappa shape index (κ3) is 8.24. The molecule has 1 aliphatic carbocycles. The molecule has 43 heavy (non-hydrogen) atoms. The van der Waals surface area contributed by atoms with Crippen molar-refractivity contribution in [1.29, 1.82) is 0 Å². The Balaban J connectivity index is 1.11. The molecule has 0 radical (unpaired) electrons. The van der Waals surface area contributed by atoms with Gasteiger partial charge in [0.25, 0.3) is 0 Å². The number of thiophene rings is 1. The van der Waals surface area contributed by atoms with Crippen molar-refractivity contribution in [3.05, 3.63) is 66.2 Å². The quantitative estimate of drug-likeness (QED) is 0.286. The minimum Gasteiger partial charge on any atom is -0.453 e. The summed E-state index contributed by atoms with van der Waals surface area (Å²) in [6.45, 7) is 5.94. The summed E-state index contributed by atoms with van der Waals surface area (Å²) < 4.78 is 38.5. The standard InChI is InChI=1S/C31H34FN5O5S/c32-24-17-23(36-31(38)35-22-2-3-22)4-6-27(24)42-28-7-8-33-26-18-29(43-30(26)28)25-5-1-21(19-34-25)20-37-9-11-39-13-15-41-16-14-40-12-10-37/h1,4-8,17-19,22H,2-3,9-16,20H2,(H2,35,36,38). The van der Waals surface area contributed by atoms with Crippen LogP contribution in [0.5, 0.6) is 11.5 Å². The molecule has 1 aliphatic heterocycles. The van der Waals surface area contributed by atoms with Crippen LogP contribution in [0.2, 0.25) is 0 Å². The predicted octanol–water partition coefficient (Wildman–Crippen LogP) is 5.44. The van der Waals surface area contributed by atoms with E-state index in [1.807, 2.05) is 18.3 Å². The molecule has 0 bridgehead atoms. The molecule has 226 valence electrons. The lowest BCUT2D eigenvalue weighted by Gasteiger charge is -2.23. The average Bonchev–Trinajstić information content (AvgIpc) is 3.69. The van der Waals surface area contributed by atoms with Crippen LogP contribution in [0.15, 0.2) is 54.9 Å². The molecule has 4 aromatic rings. The number of hydrogen-bond donors (Lipinski definition) is 2. The van der Waals surface area contributed by atoms with E-state index in [0.29, 0.717) is 51.1 Å². The molecule has 1 saturated heterocycles. The molecule has 6 rings (SSSR count). The summed E-state index contributed by atoms with van der Waals surface area (Å²) >= 11 is 1.49. The fourth-order valence-corrected chi connectivity index (χ4v) is 5.64. The number of rotatable bonds is 7. The number of carbonyl (C=O) groups is 1. The molecule has 0 atom stereocenters. The second kappa shape index (κ2) is 14.2. The number of hydrogen-bond acceptors (Lipinski definition) is 9. The van der Waals surface area contributed by atoms with Crippen molar-refractivity contribution in [3.63, 3.8) is 0 Å². The first-order chi connectivity index (χ1) is 21.1. The molecule has 10 nitrogen and oxygen atoms in total. The van der Waals surface area contributed by atoms with E-state index in [1.54, 1.807) is 18.3 Å². The van der Waals surface area contributed by atoms with Gasteiger partial charge in [-0.25, -0.2) is 9.18 Å². The zero-order valence-electron chi connectivity index (χ0n) is 23.7. The van der Waals surface area contributed by atoms with E-state index < -0.39 is 5.82 Å². The maximum atomic E-state index is 14.9. The van der Waals surface area contributed by atoms with Crippen LogP contribution >= 0.6 is 11.3 Å². The van der Waals surface area contributed by atoms with E-state index >= 15 is 0 Å². The molecular formula is C31H34FN5O5S. The highest BCUT2D eigenvalue weighted by Gasteiger charge is 2.23. The van der Waals surface area contributed by atoms with Gasteiger partial charge >= 0.3 is 6.03 Å². The molecule has 12 heteroatoms. The normalized spacial score (nSPS) is 17.1. The zero-order chi connectivity index (χ0) is 29.4. The van der Waals surface area contributed by atoms with Gasteiger partial charge in [-0.1, -0.05) is 6.07 Å². The largest absolute Gasteiger partial charge is 0.453 e. The maximum Gasteiger partial charge on any atom is 0.319 e. The van der Waals surface area contributed by atoms with Gasteiger partial charge < -0.3 is 29.6 Å². The Labute approximate surface area is 253 Å². The molecule has 2 fully saturated rings. The third-order valence-corrected chi connectivity index (χ3v) is 8.19. The summed E-state index contributed by atoms with van der Waals surface area (Å²) in [5, 5.41) is 5.48. The van der Waals surface area contributed by atoms with Crippen molar-refractivity contribution < 1.29 is 28.1 Å². The van der Waals surface area contributed by atoms with E-state index in [2.05, 4.69) is 26.6 Å². The van der Waals surface area contributed by atoms with Gasteiger partial charge in [0, 0.05) is 55.9 Å². The van der Waals surface area contributed by atoms with Crippen molar-refractivity contribution in [3.8, 4) is 22.1 Å². The highest BCUT2D eigenvalue weighted by Crippen LogP contribution is 2.39. The molecule has 4 heterocycles. The van der Waals surface area contributed by atoms with E-state index in [9.17, 15) is 9.18 Å². The van der Waals surface area contributed by atoms with Crippen LogP contribution in [0, 0.1) is 5.82 Å². The fraction of sp³-hybridized carbons (Fsp3) is 0.387. The number of carbonyl (C=O) groups excluding carboxylic acids is 1. The Morgan fingerprint density at radius 3 is 2.42 bits per heavy atom. The molecule has 3 aromatic heterocycles. The van der Waals surface area contributed by atoms with Gasteiger partial charge in [-0.15, -0.1) is 11.3 Å². The lowest BCUT2D eigenvalue weighted by molar-refractivity contribution is -0.00690. The van der Waals surface area contributed by atoms with Gasteiger partial charge in [-0.05, 0) is 42.7 Å². The van der Waals surface area contributed by atoms with Gasteiger partial charge in [0.15, 0.2) is 11.6 Å². The molecular weight excluding hydrogens is 573 g/mol. The number of pyridine rings is 2. The minimum absolute atomic E-state index is 0.0592. The average molecular weight is 608 g/mol. The molecule has 1 aromatic carbocycles. The molecule has 2 aliphatic rings. The van der Waals surface area contributed by atoms with Crippen LogP contribution < -0.4 is 15.4 Å². The predicted molar refractivity (Wildman–Crippen MR) is 162 cm³/mol. The number of halogens is 1. The van der Waals surface area contributed by atoms with Crippen molar-refractivity contribution in [2.75, 3.05) is 58.0 Å². The summed E-state index contributed by atoms with van der Waals surface area (Å²) in [5.41, 5.74) is 3.02. The molecule has 2 N–H and O–H groups in total. The third-order valence-electron chi connectivity index (χ3n) is 7.03. The highest BCUT2D eigenvalue weighted by molar-refractivity contribution is 7.22. The SMILES string of the molecule is O=C(Nc1ccc(Oc2ccnc3cc(-c4ccc(CN5CCOCCOCCOCC5)cn4)sc23)c(F)c1)NC1CC1. The van der Waals surface area contributed by atoms with Crippen LogP contribution in [0.4, 0.5) is 14.9 Å². The van der Waals surface area contributed by atoms with Gasteiger partial charge in [0.2, 0.25) is 0 Å². The molecule has 0 unspecified atom stereocenters. The summed E-state index contributed by atoms with van der Waals surface area (Å²) in [5.74, 6) is -0.0215. The van der Waals surface area contributed by atoms with Crippen LogP contribution in [0.25, 0.3) is 20.8 Å². The van der Waals surface area contributed by atoms with E-state index in [1.165, 1.54) is 23.5 Å². The van der Waals surface area contributed by atoms with Crippen LogP contribution in [0.1, 0.15) is 18.4 Å². The van der Waals surface area contributed by atoms with E-state index in [4.69, 9.17) is 23.9 Å². The molecule has 2 amide bonds. The van der Waals surface area contributed by atoms with Crippen molar-refractivity contribution in [1.82, 2.24) is 20.2 Å². The van der Waals surface area contributed by atoms with Gasteiger partial charge in [-0.2, -0.15) is 0 Å². The highest BCUT2D eigenvalue weighted by atomic mass is 32.1. The van der Waals surface area contributed by atoms with Crippen LogP contribution in [-0.2, 0) is 20.8 Å². The number of nitrogens with zero attached hydrogens (tertiary/aromatic N) is 3. The second-order valence-electron chi connectivity index (χ2n) is 10.4. The number of fused-ring (bicyclic) bond motifs is 1. The Bertz CT molecular complexity index is 1520. The Kier molecular flexibility index (Phi) is 9.70. The maximum absolute atomic E-state index is 14.9. The second-order valence-corrected chi connectivity index (χ2v) is 11.5. The first kappa shape index (κ1) is 29.4. The van der Waals surface area contributed by atoms with Crippen LogP contribution in [0.3, 0.4) is 0 Å². The number of aromatic nitrogens is 2. The Morgan fingerprint density at radius 1 is 0.953 bits per heavy atom. The number of benzene rings is 1. The lowest BCUT2D eigenvalue weighted by Crippen LogP contribution is -2.32. The Morgan fingerprint density at radius 2 is 1.72 bits per heavy atom. The topological polar surface area (TPSA) is 107 Å². The minimum atomic E-state index is -0.576. The first-order valence-electron chi connectivity index (χ1n) is 14.4.